The maximum Gasteiger partial charge on any atom is 0.227 e. The van der Waals surface area contributed by atoms with Gasteiger partial charge in [0.1, 0.15) is 5.82 Å². The van der Waals surface area contributed by atoms with E-state index in [1.54, 1.807) is 6.07 Å². The molecule has 0 aliphatic carbocycles. The number of sulfone groups is 1. The van der Waals surface area contributed by atoms with Crippen LogP contribution in [0.3, 0.4) is 0 Å². The minimum absolute atomic E-state index is 0.0916. The zero-order valence-corrected chi connectivity index (χ0v) is 14.6. The lowest BCUT2D eigenvalue weighted by Crippen LogP contribution is -2.38. The van der Waals surface area contributed by atoms with Crippen LogP contribution in [0.5, 0.6) is 0 Å². The van der Waals surface area contributed by atoms with Crippen LogP contribution in [0.2, 0.25) is 0 Å². The molecule has 3 heterocycles. The van der Waals surface area contributed by atoms with E-state index in [9.17, 15) is 8.42 Å². The van der Waals surface area contributed by atoms with E-state index in [-0.39, 0.29) is 5.75 Å². The van der Waals surface area contributed by atoms with Crippen molar-refractivity contribution < 1.29 is 13.2 Å². The van der Waals surface area contributed by atoms with Gasteiger partial charge in [-0.2, -0.15) is 4.98 Å². The van der Waals surface area contributed by atoms with Crippen LogP contribution < -0.4 is 15.5 Å². The number of aromatic nitrogens is 2. The molecule has 1 aromatic rings. The molecule has 1 fully saturated rings. The Labute approximate surface area is 142 Å². The van der Waals surface area contributed by atoms with E-state index in [1.165, 1.54) is 6.26 Å². The summed E-state index contributed by atoms with van der Waals surface area (Å²) in [6.07, 6.45) is 3.92. The summed E-state index contributed by atoms with van der Waals surface area (Å²) in [7, 11) is -3.16. The van der Waals surface area contributed by atoms with Crippen molar-refractivity contribution >= 4 is 21.6 Å². The average molecular weight is 353 g/mol. The number of anilines is 2. The van der Waals surface area contributed by atoms with E-state index < -0.39 is 9.84 Å². The summed E-state index contributed by atoms with van der Waals surface area (Å²) in [4.78, 5) is 13.3. The van der Waals surface area contributed by atoms with Crippen molar-refractivity contribution in [1.82, 2.24) is 9.97 Å². The zero-order valence-electron chi connectivity index (χ0n) is 13.8. The van der Waals surface area contributed by atoms with Crippen LogP contribution in [0.15, 0.2) is 17.8 Å². The predicted molar refractivity (Wildman–Crippen MR) is 92.7 cm³/mol. The van der Waals surface area contributed by atoms with E-state index in [0.29, 0.717) is 31.4 Å². The topological polar surface area (TPSA) is 102 Å². The maximum absolute atomic E-state index is 11.7. The van der Waals surface area contributed by atoms with Crippen molar-refractivity contribution in [2.24, 2.45) is 5.73 Å². The second-order valence-electron chi connectivity index (χ2n) is 6.16. The largest absolute Gasteiger partial charge is 0.402 e. The highest BCUT2D eigenvalue weighted by Gasteiger charge is 2.20. The van der Waals surface area contributed by atoms with Gasteiger partial charge in [-0.1, -0.05) is 0 Å². The minimum atomic E-state index is -3.16. The molecule has 1 aromatic heterocycles. The van der Waals surface area contributed by atoms with Gasteiger partial charge in [0, 0.05) is 50.6 Å². The van der Waals surface area contributed by atoms with E-state index in [1.807, 2.05) is 11.0 Å². The van der Waals surface area contributed by atoms with Gasteiger partial charge in [0.05, 0.1) is 24.7 Å². The predicted octanol–water partition coefficient (Wildman–Crippen LogP) is -0.0895. The molecule has 0 unspecified atom stereocenters. The highest BCUT2D eigenvalue weighted by Crippen LogP contribution is 2.21. The molecule has 0 aromatic carbocycles. The zero-order chi connectivity index (χ0) is 17.2. The molecule has 9 heteroatoms. The Morgan fingerprint density at radius 2 is 1.96 bits per heavy atom. The standard InChI is InChI=1S/C15H23N5O3S/c1-24(21,22)11-13-10-14(19-6-8-23-9-7-19)18-15(17-13)20-4-2-12(16)3-5-20/h2,10H,3-9,11,16H2,1H3. The van der Waals surface area contributed by atoms with Crippen LogP contribution in [-0.4, -0.2) is 64.0 Å². The average Bonchev–Trinajstić information content (AvgIpc) is 2.54. The highest BCUT2D eigenvalue weighted by molar-refractivity contribution is 7.89. The van der Waals surface area contributed by atoms with Gasteiger partial charge in [0.2, 0.25) is 5.95 Å². The van der Waals surface area contributed by atoms with Crippen molar-refractivity contribution in [3.63, 3.8) is 0 Å². The van der Waals surface area contributed by atoms with Gasteiger partial charge < -0.3 is 20.3 Å². The fourth-order valence-corrected chi connectivity index (χ4v) is 3.46. The van der Waals surface area contributed by atoms with E-state index in [4.69, 9.17) is 10.5 Å². The number of nitrogens with zero attached hydrogens (tertiary/aromatic N) is 4. The molecule has 1 saturated heterocycles. The number of hydrogen-bond acceptors (Lipinski definition) is 8. The van der Waals surface area contributed by atoms with E-state index >= 15 is 0 Å². The Bertz CT molecular complexity index is 729. The van der Waals surface area contributed by atoms with Gasteiger partial charge in [0.25, 0.3) is 0 Å². The first-order valence-electron chi connectivity index (χ1n) is 7.98. The first kappa shape index (κ1) is 17.0. The summed E-state index contributed by atoms with van der Waals surface area (Å²) >= 11 is 0. The van der Waals surface area contributed by atoms with Crippen molar-refractivity contribution in [2.45, 2.75) is 12.2 Å². The van der Waals surface area contributed by atoms with Crippen molar-refractivity contribution in [3.8, 4) is 0 Å². The molecular formula is C15H23N5O3S. The molecule has 2 N–H and O–H groups in total. The maximum atomic E-state index is 11.7. The lowest BCUT2D eigenvalue weighted by atomic mass is 10.2. The monoisotopic (exact) mass is 353 g/mol. The quantitative estimate of drug-likeness (QED) is 0.801. The fraction of sp³-hybridized carbons (Fsp3) is 0.600. The van der Waals surface area contributed by atoms with Crippen LogP contribution in [-0.2, 0) is 20.3 Å². The highest BCUT2D eigenvalue weighted by atomic mass is 32.2. The molecule has 0 bridgehead atoms. The van der Waals surface area contributed by atoms with Crippen LogP contribution >= 0.6 is 0 Å². The molecular weight excluding hydrogens is 330 g/mol. The third-order valence-corrected chi connectivity index (χ3v) is 4.85. The molecule has 3 rings (SSSR count). The lowest BCUT2D eigenvalue weighted by Gasteiger charge is -2.30. The summed E-state index contributed by atoms with van der Waals surface area (Å²) in [5.41, 5.74) is 7.21. The molecule has 0 radical (unpaired) electrons. The Morgan fingerprint density at radius 1 is 1.21 bits per heavy atom. The Morgan fingerprint density at radius 3 is 2.58 bits per heavy atom. The van der Waals surface area contributed by atoms with Gasteiger partial charge in [-0.3, -0.25) is 0 Å². The number of rotatable bonds is 4. The number of ether oxygens (including phenoxy) is 1. The number of hydrogen-bond donors (Lipinski definition) is 1. The van der Waals surface area contributed by atoms with E-state index in [0.717, 1.165) is 37.6 Å². The fourth-order valence-electron chi connectivity index (χ4n) is 2.77. The minimum Gasteiger partial charge on any atom is -0.402 e. The molecule has 24 heavy (non-hydrogen) atoms. The van der Waals surface area contributed by atoms with Gasteiger partial charge in [0.15, 0.2) is 9.84 Å². The SMILES string of the molecule is CS(=O)(=O)Cc1cc(N2CCOCC2)nc(N2CC=C(N)CC2)n1. The summed E-state index contributed by atoms with van der Waals surface area (Å²) in [5.74, 6) is 1.22. The number of nitrogens with two attached hydrogens (primary N) is 1. The first-order valence-corrected chi connectivity index (χ1v) is 10.0. The first-order chi connectivity index (χ1) is 11.4. The third-order valence-electron chi connectivity index (χ3n) is 4.03. The molecule has 0 spiro atoms. The third kappa shape index (κ3) is 4.35. The van der Waals surface area contributed by atoms with Crippen molar-refractivity contribution in [1.29, 1.82) is 0 Å². The normalized spacial score (nSPS) is 19.3. The number of morpholine rings is 1. The Balaban J connectivity index is 1.92. The van der Waals surface area contributed by atoms with Crippen LogP contribution in [0.25, 0.3) is 0 Å². The van der Waals surface area contributed by atoms with Gasteiger partial charge in [-0.25, -0.2) is 13.4 Å². The van der Waals surface area contributed by atoms with Gasteiger partial charge >= 0.3 is 0 Å². The molecule has 2 aliphatic rings. The molecule has 2 aliphatic heterocycles. The smallest absolute Gasteiger partial charge is 0.227 e. The molecule has 0 amide bonds. The van der Waals surface area contributed by atoms with Crippen LogP contribution in [0.4, 0.5) is 11.8 Å². The Kier molecular flexibility index (Phi) is 4.91. The summed E-state index contributed by atoms with van der Waals surface area (Å²) < 4.78 is 28.7. The van der Waals surface area contributed by atoms with Crippen molar-refractivity contribution in [2.75, 3.05) is 55.4 Å². The molecule has 8 nitrogen and oxygen atoms in total. The van der Waals surface area contributed by atoms with E-state index in [2.05, 4.69) is 14.9 Å². The molecule has 0 saturated carbocycles. The molecule has 132 valence electrons. The lowest BCUT2D eigenvalue weighted by molar-refractivity contribution is 0.122. The second kappa shape index (κ2) is 6.94. The van der Waals surface area contributed by atoms with Gasteiger partial charge in [-0.05, 0) is 6.08 Å². The van der Waals surface area contributed by atoms with Crippen LogP contribution in [0.1, 0.15) is 12.1 Å². The van der Waals surface area contributed by atoms with Gasteiger partial charge in [-0.15, -0.1) is 0 Å². The summed E-state index contributed by atoms with van der Waals surface area (Å²) in [6.45, 7) is 4.13. The Hall–Kier alpha value is -1.87. The second-order valence-corrected chi connectivity index (χ2v) is 8.30. The summed E-state index contributed by atoms with van der Waals surface area (Å²) in [5, 5.41) is 0. The summed E-state index contributed by atoms with van der Waals surface area (Å²) in [6, 6.07) is 1.77. The van der Waals surface area contributed by atoms with Crippen LogP contribution in [0, 0.1) is 0 Å². The molecule has 0 atom stereocenters. The van der Waals surface area contributed by atoms with Crippen molar-refractivity contribution in [3.05, 3.63) is 23.5 Å².